The summed E-state index contributed by atoms with van der Waals surface area (Å²) in [6.45, 7) is 8.56. The molecule has 198 valence electrons. The summed E-state index contributed by atoms with van der Waals surface area (Å²) in [5.41, 5.74) is 0.218. The number of rotatable bonds is 5. The van der Waals surface area contributed by atoms with Crippen LogP contribution in [0.25, 0.3) is 11.1 Å². The number of hydrogen-bond donors (Lipinski definition) is 1. The lowest BCUT2D eigenvalue weighted by atomic mass is 9.96. The largest absolute Gasteiger partial charge is 0.444 e. The topological polar surface area (TPSA) is 90.8 Å². The average molecular weight is 527 g/mol. The smallest absolute Gasteiger partial charge is 0.417 e. The first-order chi connectivity index (χ1) is 17.7. The van der Waals surface area contributed by atoms with Gasteiger partial charge in [0.1, 0.15) is 17.5 Å². The molecule has 0 atom stereocenters. The SMILES string of the molecule is Cc1c(C#N)c(-c2ccc(C#N)c(C(F)(F)F)c2)c(C)n1Cc1ccc(CNC(=O)OC(C)(C)C)c(F)c1. The molecule has 0 unspecified atom stereocenters. The summed E-state index contributed by atoms with van der Waals surface area (Å²) in [6.07, 6.45) is -5.41. The molecular formula is C28H26F4N4O2. The Morgan fingerprint density at radius 1 is 1.03 bits per heavy atom. The van der Waals surface area contributed by atoms with E-state index in [1.54, 1.807) is 51.3 Å². The zero-order valence-electron chi connectivity index (χ0n) is 21.5. The number of nitriles is 2. The minimum Gasteiger partial charge on any atom is -0.444 e. The predicted molar refractivity (Wildman–Crippen MR) is 132 cm³/mol. The Kier molecular flexibility index (Phi) is 7.87. The van der Waals surface area contributed by atoms with Crippen LogP contribution in [0.15, 0.2) is 36.4 Å². The quantitative estimate of drug-likeness (QED) is 0.373. The Morgan fingerprint density at radius 2 is 1.71 bits per heavy atom. The van der Waals surface area contributed by atoms with Crippen LogP contribution in [0.5, 0.6) is 0 Å². The Bertz CT molecular complexity index is 1470. The van der Waals surface area contributed by atoms with Crippen molar-refractivity contribution in [3.05, 3.63) is 81.4 Å². The van der Waals surface area contributed by atoms with E-state index in [2.05, 4.69) is 11.4 Å². The highest BCUT2D eigenvalue weighted by atomic mass is 19.4. The number of nitrogens with zero attached hydrogens (tertiary/aromatic N) is 3. The summed E-state index contributed by atoms with van der Waals surface area (Å²) < 4.78 is 62.3. The third-order valence-corrected chi connectivity index (χ3v) is 5.91. The van der Waals surface area contributed by atoms with Crippen molar-refractivity contribution in [1.82, 2.24) is 9.88 Å². The summed E-state index contributed by atoms with van der Waals surface area (Å²) >= 11 is 0. The molecule has 0 aliphatic heterocycles. The predicted octanol–water partition coefficient (Wildman–Crippen LogP) is 6.75. The lowest BCUT2D eigenvalue weighted by Gasteiger charge is -2.19. The van der Waals surface area contributed by atoms with E-state index in [1.807, 2.05) is 0 Å². The molecule has 2 aromatic carbocycles. The maximum Gasteiger partial charge on any atom is 0.417 e. The van der Waals surface area contributed by atoms with E-state index in [-0.39, 0.29) is 29.8 Å². The van der Waals surface area contributed by atoms with Crippen LogP contribution >= 0.6 is 0 Å². The first-order valence-electron chi connectivity index (χ1n) is 11.6. The van der Waals surface area contributed by atoms with E-state index < -0.39 is 34.8 Å². The Hall–Kier alpha value is -4.31. The molecule has 0 saturated heterocycles. The second kappa shape index (κ2) is 10.6. The molecule has 1 N–H and O–H groups in total. The van der Waals surface area contributed by atoms with E-state index in [9.17, 15) is 27.6 Å². The van der Waals surface area contributed by atoms with Gasteiger partial charge in [0.2, 0.25) is 0 Å². The number of amides is 1. The summed E-state index contributed by atoms with van der Waals surface area (Å²) in [5, 5.41) is 21.4. The molecule has 0 spiro atoms. The van der Waals surface area contributed by atoms with Gasteiger partial charge >= 0.3 is 12.3 Å². The lowest BCUT2D eigenvalue weighted by molar-refractivity contribution is -0.137. The van der Waals surface area contributed by atoms with Gasteiger partial charge in [0.25, 0.3) is 0 Å². The fourth-order valence-corrected chi connectivity index (χ4v) is 4.14. The summed E-state index contributed by atoms with van der Waals surface area (Å²) in [4.78, 5) is 11.9. The first-order valence-corrected chi connectivity index (χ1v) is 11.6. The molecule has 0 radical (unpaired) electrons. The van der Waals surface area contributed by atoms with E-state index >= 15 is 0 Å². The standard InChI is InChI=1S/C28H26F4N4O2/c1-16-22(13-34)25(19-8-9-20(12-33)23(11-19)28(30,31)32)17(2)36(16)15-18-6-7-21(24(29)10-18)14-35-26(37)38-27(3,4)5/h6-11H,14-15H2,1-5H3,(H,35,37). The summed E-state index contributed by atoms with van der Waals surface area (Å²) in [7, 11) is 0. The van der Waals surface area contributed by atoms with Crippen LogP contribution in [0.2, 0.25) is 0 Å². The van der Waals surface area contributed by atoms with Gasteiger partial charge in [0.15, 0.2) is 0 Å². The van der Waals surface area contributed by atoms with Gasteiger partial charge in [-0.05, 0) is 63.9 Å². The highest BCUT2D eigenvalue weighted by molar-refractivity contribution is 5.76. The van der Waals surface area contributed by atoms with Gasteiger partial charge in [-0.3, -0.25) is 0 Å². The van der Waals surface area contributed by atoms with Crippen LogP contribution in [0.3, 0.4) is 0 Å². The number of carbonyl (C=O) groups is 1. The fourth-order valence-electron chi connectivity index (χ4n) is 4.14. The number of benzene rings is 2. The van der Waals surface area contributed by atoms with Crippen LogP contribution in [0.1, 0.15) is 60.0 Å². The molecule has 3 aromatic rings. The van der Waals surface area contributed by atoms with Crippen molar-refractivity contribution < 1.29 is 27.1 Å². The molecule has 0 saturated carbocycles. The molecule has 1 heterocycles. The molecule has 0 aliphatic rings. The van der Waals surface area contributed by atoms with Gasteiger partial charge in [-0.1, -0.05) is 18.2 Å². The molecule has 0 aliphatic carbocycles. The first kappa shape index (κ1) is 28.3. The van der Waals surface area contributed by atoms with Gasteiger partial charge in [-0.15, -0.1) is 0 Å². The molecule has 1 amide bonds. The number of aromatic nitrogens is 1. The molecule has 3 rings (SSSR count). The monoisotopic (exact) mass is 526 g/mol. The van der Waals surface area contributed by atoms with E-state index in [0.29, 0.717) is 22.5 Å². The molecule has 0 bridgehead atoms. The molecule has 1 aromatic heterocycles. The Balaban J connectivity index is 1.93. The number of halogens is 4. The van der Waals surface area contributed by atoms with Gasteiger partial charge in [0.05, 0.1) is 22.8 Å². The van der Waals surface area contributed by atoms with E-state index in [0.717, 1.165) is 12.1 Å². The van der Waals surface area contributed by atoms with Crippen LogP contribution in [-0.2, 0) is 24.0 Å². The maximum absolute atomic E-state index is 14.8. The zero-order chi connectivity index (χ0) is 28.4. The second-order valence-corrected chi connectivity index (χ2v) is 9.77. The van der Waals surface area contributed by atoms with Crippen molar-refractivity contribution in [3.63, 3.8) is 0 Å². The normalized spacial score (nSPS) is 11.6. The average Bonchev–Trinajstić information content (AvgIpc) is 3.05. The van der Waals surface area contributed by atoms with Gasteiger partial charge in [-0.2, -0.15) is 23.7 Å². The zero-order valence-corrected chi connectivity index (χ0v) is 21.5. The van der Waals surface area contributed by atoms with Crippen LogP contribution in [-0.4, -0.2) is 16.3 Å². The molecular weight excluding hydrogens is 500 g/mol. The van der Waals surface area contributed by atoms with Crippen molar-refractivity contribution in [2.45, 2.75) is 59.5 Å². The van der Waals surface area contributed by atoms with Crippen LogP contribution in [0.4, 0.5) is 22.4 Å². The third kappa shape index (κ3) is 6.15. The van der Waals surface area contributed by atoms with Gasteiger partial charge < -0.3 is 14.6 Å². The van der Waals surface area contributed by atoms with Crippen molar-refractivity contribution >= 4 is 6.09 Å². The number of alkyl halides is 3. The fraction of sp³-hybridized carbons (Fsp3) is 0.321. The minimum absolute atomic E-state index is 0.0778. The van der Waals surface area contributed by atoms with Crippen LogP contribution < -0.4 is 5.32 Å². The second-order valence-electron chi connectivity index (χ2n) is 9.77. The highest BCUT2D eigenvalue weighted by Gasteiger charge is 2.34. The van der Waals surface area contributed by atoms with E-state index in [4.69, 9.17) is 10.00 Å². The molecule has 6 nitrogen and oxygen atoms in total. The van der Waals surface area contributed by atoms with Crippen molar-refractivity contribution in [1.29, 1.82) is 10.5 Å². The summed E-state index contributed by atoms with van der Waals surface area (Å²) in [5.74, 6) is -0.552. The Morgan fingerprint density at radius 3 is 2.26 bits per heavy atom. The number of hydrogen-bond acceptors (Lipinski definition) is 4. The molecule has 0 fully saturated rings. The minimum atomic E-state index is -4.74. The Labute approximate surface area is 218 Å². The molecule has 10 heteroatoms. The third-order valence-electron chi connectivity index (χ3n) is 5.91. The van der Waals surface area contributed by atoms with Crippen molar-refractivity contribution in [2.75, 3.05) is 0 Å². The maximum atomic E-state index is 14.8. The number of ether oxygens (including phenoxy) is 1. The number of alkyl carbamates (subject to hydrolysis) is 1. The highest BCUT2D eigenvalue weighted by Crippen LogP contribution is 2.38. The number of nitrogens with one attached hydrogen (secondary N) is 1. The number of carbonyl (C=O) groups excluding carboxylic acids is 1. The molecule has 38 heavy (non-hydrogen) atoms. The van der Waals surface area contributed by atoms with Gasteiger partial charge in [0, 0.05) is 35.6 Å². The van der Waals surface area contributed by atoms with Crippen LogP contribution in [0, 0.1) is 42.3 Å². The van der Waals surface area contributed by atoms with Crippen molar-refractivity contribution in [2.24, 2.45) is 0 Å². The van der Waals surface area contributed by atoms with E-state index in [1.165, 1.54) is 18.2 Å². The van der Waals surface area contributed by atoms with Gasteiger partial charge in [-0.25, -0.2) is 9.18 Å². The lowest BCUT2D eigenvalue weighted by Crippen LogP contribution is -2.32. The summed E-state index contributed by atoms with van der Waals surface area (Å²) in [6, 6.07) is 11.5. The van der Waals surface area contributed by atoms with Crippen molar-refractivity contribution in [3.8, 4) is 23.3 Å².